The Morgan fingerprint density at radius 3 is 0.439 bits per heavy atom. The van der Waals surface area contributed by atoms with Gasteiger partial charge in [0.15, 0.2) is 0 Å². The summed E-state index contributed by atoms with van der Waals surface area (Å²) in [6, 6.07) is 0. The maximum Gasteiger partial charge on any atom is 0.0414 e. The zero-order valence-corrected chi connectivity index (χ0v) is 40.9. The van der Waals surface area contributed by atoms with E-state index in [2.05, 4.69) is 27.7 Å². The van der Waals surface area contributed by atoms with Gasteiger partial charge in [-0.15, -0.1) is 0 Å². The van der Waals surface area contributed by atoms with Gasteiger partial charge in [-0.05, 0) is 51.4 Å². The van der Waals surface area contributed by atoms with Crippen LogP contribution in [0, 0.1) is 0 Å². The van der Waals surface area contributed by atoms with E-state index in [0.717, 1.165) is 51.4 Å². The molecule has 0 unspecified atom stereocenters. The molecule has 0 atom stereocenters. The minimum absolute atomic E-state index is 0. The second kappa shape index (κ2) is 61.2. The minimum atomic E-state index is -0.909. The molecule has 0 aliphatic heterocycles. The molecule has 0 heterocycles. The van der Waals surface area contributed by atoms with Crippen LogP contribution in [0.5, 0.6) is 0 Å². The van der Waals surface area contributed by atoms with Gasteiger partial charge in [0.2, 0.25) is 0 Å². The Morgan fingerprint density at radius 2 is 0.333 bits per heavy atom. The number of aliphatic carboxylic acids is 4. The number of hydrogen-bond donors (Lipinski definition) is 0. The van der Waals surface area contributed by atoms with Gasteiger partial charge in [-0.1, -0.05) is 233 Å². The van der Waals surface area contributed by atoms with Gasteiger partial charge in [0.25, 0.3) is 0 Å². The van der Waals surface area contributed by atoms with Gasteiger partial charge in [-0.25, -0.2) is 0 Å². The van der Waals surface area contributed by atoms with Gasteiger partial charge in [0, 0.05) is 44.9 Å². The molecule has 0 amide bonds. The third-order valence-electron chi connectivity index (χ3n) is 9.94. The molecule has 0 aliphatic rings. The Kier molecular flexibility index (Phi) is 69.5. The molecule has 0 aliphatic carbocycles. The number of rotatable bonds is 40. The van der Waals surface area contributed by atoms with Crippen molar-refractivity contribution < 1.29 is 60.7 Å². The van der Waals surface area contributed by atoms with E-state index in [4.69, 9.17) is 0 Å². The minimum Gasteiger partial charge on any atom is -0.550 e. The topological polar surface area (TPSA) is 161 Å². The van der Waals surface area contributed by atoms with Crippen molar-refractivity contribution in [2.75, 3.05) is 0 Å². The maximum absolute atomic E-state index is 10.1. The number of carbonyl (C=O) groups is 4. The predicted octanol–water partition coefficient (Wildman–Crippen LogP) is 10.6. The maximum atomic E-state index is 10.1. The van der Waals surface area contributed by atoms with Crippen LogP contribution in [0.15, 0.2) is 0 Å². The summed E-state index contributed by atoms with van der Waals surface area (Å²) in [5.74, 6) is -3.64. The van der Waals surface area contributed by atoms with Crippen LogP contribution >= 0.6 is 0 Å². The summed E-state index contributed by atoms with van der Waals surface area (Å²) in [4.78, 5) is 40.4. The SMILES string of the molecule is CCCCCCCCCCCC(=O)[O-].CCCCCCCCCCCC(=O)[O-].CCCCCCCCCCCC(=O)[O-].CCCCCCCCCCCC(=O)[O-].[W]. The molecule has 0 aromatic rings. The van der Waals surface area contributed by atoms with E-state index in [1.807, 2.05) is 0 Å². The van der Waals surface area contributed by atoms with Crippen molar-refractivity contribution in [3.63, 3.8) is 0 Å². The molecular weight excluding hydrogens is 888 g/mol. The van der Waals surface area contributed by atoms with Crippen LogP contribution in [-0.2, 0) is 40.2 Å². The van der Waals surface area contributed by atoms with Gasteiger partial charge < -0.3 is 39.6 Å². The van der Waals surface area contributed by atoms with Crippen LogP contribution in [0.4, 0.5) is 0 Å². The van der Waals surface area contributed by atoms with Crippen LogP contribution in [0.2, 0.25) is 0 Å². The summed E-state index contributed by atoms with van der Waals surface area (Å²) in [6.45, 7) is 8.89. The van der Waals surface area contributed by atoms with Gasteiger partial charge >= 0.3 is 0 Å². The Labute approximate surface area is 367 Å². The number of unbranched alkanes of at least 4 members (excludes halogenated alkanes) is 32. The van der Waals surface area contributed by atoms with E-state index in [1.54, 1.807) is 0 Å². The molecule has 342 valence electrons. The number of carboxylic acids is 4. The average Bonchev–Trinajstić information content (AvgIpc) is 3.15. The second-order valence-electron chi connectivity index (χ2n) is 15.8. The van der Waals surface area contributed by atoms with E-state index >= 15 is 0 Å². The molecule has 9 heteroatoms. The molecule has 0 rings (SSSR count). The Balaban J connectivity index is -0.000000210. The first-order valence-electron chi connectivity index (χ1n) is 23.9. The van der Waals surface area contributed by atoms with E-state index in [0.29, 0.717) is 0 Å². The third-order valence-corrected chi connectivity index (χ3v) is 9.94. The summed E-state index contributed by atoms with van der Waals surface area (Å²) in [6.07, 6.45) is 44.7. The molecule has 0 saturated heterocycles. The Morgan fingerprint density at radius 1 is 0.228 bits per heavy atom. The average molecular weight is 981 g/mol. The Bertz CT molecular complexity index is 664. The fourth-order valence-corrected chi connectivity index (χ4v) is 6.32. The molecule has 0 saturated carbocycles. The molecule has 8 nitrogen and oxygen atoms in total. The van der Waals surface area contributed by atoms with Gasteiger partial charge in [0.05, 0.1) is 0 Å². The predicted molar refractivity (Wildman–Crippen MR) is 227 cm³/mol. The molecule has 0 aromatic carbocycles. The van der Waals surface area contributed by atoms with Crippen molar-refractivity contribution in [2.24, 2.45) is 0 Å². The van der Waals surface area contributed by atoms with Crippen molar-refractivity contribution in [1.29, 1.82) is 0 Å². The molecule has 0 aromatic heterocycles. The first-order valence-corrected chi connectivity index (χ1v) is 23.9. The fraction of sp³-hybridized carbons (Fsp3) is 0.917. The van der Waals surface area contributed by atoms with E-state index in [-0.39, 0.29) is 46.7 Å². The zero-order valence-electron chi connectivity index (χ0n) is 38.0. The number of carboxylic acid groups (broad SMARTS) is 4. The molecular formula is C48H92O8W-4. The summed E-state index contributed by atoms with van der Waals surface area (Å²) >= 11 is 0. The van der Waals surface area contributed by atoms with Crippen LogP contribution in [0.1, 0.15) is 285 Å². The first-order chi connectivity index (χ1) is 27.1. The summed E-state index contributed by atoms with van der Waals surface area (Å²) in [7, 11) is 0. The van der Waals surface area contributed by atoms with Crippen molar-refractivity contribution in [1.82, 2.24) is 0 Å². The molecule has 0 spiro atoms. The van der Waals surface area contributed by atoms with Crippen molar-refractivity contribution in [3.05, 3.63) is 0 Å². The molecule has 0 bridgehead atoms. The van der Waals surface area contributed by atoms with E-state index in [9.17, 15) is 39.6 Å². The van der Waals surface area contributed by atoms with Crippen LogP contribution < -0.4 is 20.4 Å². The summed E-state index contributed by atoms with van der Waals surface area (Å²) < 4.78 is 0. The Hall–Kier alpha value is -1.43. The molecule has 0 radical (unpaired) electrons. The largest absolute Gasteiger partial charge is 0.550 e. The molecule has 57 heavy (non-hydrogen) atoms. The molecule has 0 fully saturated rings. The standard InChI is InChI=1S/4C12H24O2.W/c4*1-2-3-4-5-6-7-8-9-10-11-12(13)14;/h4*2-11H2,1H3,(H,13,14);/p-4. The third kappa shape index (κ3) is 83.2. The van der Waals surface area contributed by atoms with Crippen LogP contribution in [0.3, 0.4) is 0 Å². The van der Waals surface area contributed by atoms with Crippen LogP contribution in [0.25, 0.3) is 0 Å². The summed E-state index contributed by atoms with van der Waals surface area (Å²) in [5.41, 5.74) is 0. The van der Waals surface area contributed by atoms with Crippen molar-refractivity contribution >= 4 is 23.9 Å². The van der Waals surface area contributed by atoms with Crippen LogP contribution in [-0.4, -0.2) is 23.9 Å². The van der Waals surface area contributed by atoms with Crippen molar-refractivity contribution in [3.8, 4) is 0 Å². The molecule has 0 N–H and O–H groups in total. The summed E-state index contributed by atoms with van der Waals surface area (Å²) in [5, 5.41) is 40.4. The smallest absolute Gasteiger partial charge is 0.0414 e. The fourth-order valence-electron chi connectivity index (χ4n) is 6.32. The van der Waals surface area contributed by atoms with E-state index < -0.39 is 23.9 Å². The van der Waals surface area contributed by atoms with E-state index in [1.165, 1.54) is 180 Å². The van der Waals surface area contributed by atoms with Crippen molar-refractivity contribution in [2.45, 2.75) is 285 Å². The van der Waals surface area contributed by atoms with Gasteiger partial charge in [-0.3, -0.25) is 0 Å². The van der Waals surface area contributed by atoms with Gasteiger partial charge in [0.1, 0.15) is 0 Å². The van der Waals surface area contributed by atoms with Gasteiger partial charge in [-0.2, -0.15) is 0 Å². The monoisotopic (exact) mass is 981 g/mol. The number of carbonyl (C=O) groups excluding carboxylic acids is 4. The zero-order chi connectivity index (χ0) is 42.6. The first kappa shape index (κ1) is 64.7. The normalized spacial score (nSPS) is 10.2. The second-order valence-corrected chi connectivity index (χ2v) is 15.8. The number of hydrogen-bond acceptors (Lipinski definition) is 8. The quantitative estimate of drug-likeness (QED) is 0.0548.